The van der Waals surface area contributed by atoms with Gasteiger partial charge in [0.2, 0.25) is 10.0 Å². The highest BCUT2D eigenvalue weighted by Gasteiger charge is 2.31. The van der Waals surface area contributed by atoms with Gasteiger partial charge in [-0.1, -0.05) is 17.7 Å². The summed E-state index contributed by atoms with van der Waals surface area (Å²) in [5.41, 5.74) is 3.89. The molecule has 29 heavy (non-hydrogen) atoms. The first-order chi connectivity index (χ1) is 13.8. The van der Waals surface area contributed by atoms with Crippen molar-refractivity contribution in [2.24, 2.45) is 0 Å². The normalized spacial score (nSPS) is 17.8. The molecule has 0 bridgehead atoms. The summed E-state index contributed by atoms with van der Waals surface area (Å²) >= 11 is 6.15. The molecule has 4 rings (SSSR count). The fourth-order valence-electron chi connectivity index (χ4n) is 3.99. The van der Waals surface area contributed by atoms with E-state index in [1.54, 1.807) is 10.4 Å². The topological polar surface area (TPSA) is 53.1 Å². The Morgan fingerprint density at radius 1 is 0.931 bits per heavy atom. The molecule has 0 spiro atoms. The molecule has 2 aromatic rings. The molecule has 2 aliphatic heterocycles. The quantitative estimate of drug-likeness (QED) is 0.740. The summed E-state index contributed by atoms with van der Waals surface area (Å²) in [4.78, 5) is 4.62. The van der Waals surface area contributed by atoms with Crippen molar-refractivity contribution in [1.82, 2.24) is 4.31 Å². The summed E-state index contributed by atoms with van der Waals surface area (Å²) in [6, 6.07) is 9.41. The number of aryl methyl sites for hydroxylation is 2. The van der Waals surface area contributed by atoms with Crippen LogP contribution >= 0.6 is 11.6 Å². The Hall–Kier alpha value is -1.96. The SMILES string of the molecule is Cc1ccc(Cl)cc1N1CCN(S(=O)(=O)c2cc3c(cc2C)N(C)CCO3)CC1. The average Bonchev–Trinajstić information content (AvgIpc) is 2.70. The Morgan fingerprint density at radius 3 is 2.38 bits per heavy atom. The number of hydrogen-bond donors (Lipinski definition) is 0. The molecule has 0 amide bonds. The van der Waals surface area contributed by atoms with Crippen LogP contribution in [0.15, 0.2) is 35.2 Å². The molecule has 0 radical (unpaired) electrons. The lowest BCUT2D eigenvalue weighted by Gasteiger charge is -2.36. The van der Waals surface area contributed by atoms with E-state index in [4.69, 9.17) is 16.3 Å². The van der Waals surface area contributed by atoms with Crippen molar-refractivity contribution in [2.45, 2.75) is 18.7 Å². The van der Waals surface area contributed by atoms with E-state index < -0.39 is 10.0 Å². The monoisotopic (exact) mass is 435 g/mol. The number of benzene rings is 2. The fraction of sp³-hybridized carbons (Fsp3) is 0.429. The Labute approximate surface area is 177 Å². The van der Waals surface area contributed by atoms with Crippen molar-refractivity contribution in [3.63, 3.8) is 0 Å². The van der Waals surface area contributed by atoms with Gasteiger partial charge in [0.25, 0.3) is 0 Å². The van der Waals surface area contributed by atoms with Crippen molar-refractivity contribution in [2.75, 3.05) is 56.2 Å². The summed E-state index contributed by atoms with van der Waals surface area (Å²) in [7, 11) is -1.59. The summed E-state index contributed by atoms with van der Waals surface area (Å²) < 4.78 is 34.0. The summed E-state index contributed by atoms with van der Waals surface area (Å²) in [6.45, 7) is 7.38. The number of ether oxygens (including phenoxy) is 1. The Kier molecular flexibility index (Phi) is 5.40. The molecule has 2 aromatic carbocycles. The standard InChI is InChI=1S/C21H26ClN3O3S/c1-15-4-5-17(22)13-18(15)24-6-8-25(9-7-24)29(26,27)21-14-20-19(12-16(21)2)23(3)10-11-28-20/h4-5,12-14H,6-11H2,1-3H3. The number of anilines is 2. The molecule has 6 nitrogen and oxygen atoms in total. The van der Waals surface area contributed by atoms with Crippen LogP contribution in [0.1, 0.15) is 11.1 Å². The van der Waals surface area contributed by atoms with Crippen molar-refractivity contribution in [3.8, 4) is 5.75 Å². The summed E-state index contributed by atoms with van der Waals surface area (Å²) in [6.07, 6.45) is 0. The van der Waals surface area contributed by atoms with Gasteiger partial charge >= 0.3 is 0 Å². The Morgan fingerprint density at radius 2 is 1.66 bits per heavy atom. The molecule has 0 aromatic heterocycles. The molecule has 1 saturated heterocycles. The smallest absolute Gasteiger partial charge is 0.243 e. The molecular formula is C21H26ClN3O3S. The summed E-state index contributed by atoms with van der Waals surface area (Å²) in [5.74, 6) is 0.635. The lowest BCUT2D eigenvalue weighted by atomic mass is 10.1. The van der Waals surface area contributed by atoms with Gasteiger partial charge in [-0.05, 0) is 43.2 Å². The molecule has 0 unspecified atom stereocenters. The number of fused-ring (bicyclic) bond motifs is 1. The number of hydrogen-bond acceptors (Lipinski definition) is 5. The maximum atomic E-state index is 13.4. The van der Waals surface area contributed by atoms with Crippen LogP contribution in [0.5, 0.6) is 5.75 Å². The van der Waals surface area contributed by atoms with Crippen molar-refractivity contribution >= 4 is 33.0 Å². The molecule has 1 fully saturated rings. The zero-order valence-electron chi connectivity index (χ0n) is 17.0. The maximum absolute atomic E-state index is 13.4. The molecule has 0 N–H and O–H groups in total. The van der Waals surface area contributed by atoms with Crippen molar-refractivity contribution in [3.05, 3.63) is 46.5 Å². The van der Waals surface area contributed by atoms with Gasteiger partial charge in [0.15, 0.2) is 0 Å². The number of rotatable bonds is 3. The van der Waals surface area contributed by atoms with Crippen LogP contribution in [0.2, 0.25) is 5.02 Å². The van der Waals surface area contributed by atoms with Gasteiger partial charge in [0, 0.05) is 50.0 Å². The van der Waals surface area contributed by atoms with Crippen molar-refractivity contribution < 1.29 is 13.2 Å². The van der Waals surface area contributed by atoms with Crippen LogP contribution in [0.3, 0.4) is 0 Å². The highest BCUT2D eigenvalue weighted by Crippen LogP contribution is 2.36. The molecule has 0 aliphatic carbocycles. The summed E-state index contributed by atoms with van der Waals surface area (Å²) in [5, 5.41) is 0.690. The average molecular weight is 436 g/mol. The van der Waals surface area contributed by atoms with E-state index in [1.807, 2.05) is 45.2 Å². The lowest BCUT2D eigenvalue weighted by molar-refractivity contribution is 0.310. The van der Waals surface area contributed by atoms with Crippen molar-refractivity contribution in [1.29, 1.82) is 0 Å². The number of halogens is 1. The minimum atomic E-state index is -3.59. The highest BCUT2D eigenvalue weighted by molar-refractivity contribution is 7.89. The Balaban J connectivity index is 1.56. The molecule has 0 saturated carbocycles. The largest absolute Gasteiger partial charge is 0.490 e. The first kappa shape index (κ1) is 20.3. The predicted molar refractivity (Wildman–Crippen MR) is 117 cm³/mol. The van der Waals surface area contributed by atoms with E-state index in [1.165, 1.54) is 0 Å². The number of likely N-dealkylation sites (N-methyl/N-ethyl adjacent to an activating group) is 1. The Bertz CT molecular complexity index is 1030. The van der Waals surface area contributed by atoms with E-state index >= 15 is 0 Å². The van der Waals surface area contributed by atoms with E-state index in [2.05, 4.69) is 9.80 Å². The second-order valence-electron chi connectivity index (χ2n) is 7.68. The zero-order valence-corrected chi connectivity index (χ0v) is 18.6. The molecule has 2 aliphatic rings. The third-order valence-electron chi connectivity index (χ3n) is 5.72. The second kappa shape index (κ2) is 7.70. The van der Waals surface area contributed by atoms with Gasteiger partial charge < -0.3 is 14.5 Å². The first-order valence-electron chi connectivity index (χ1n) is 9.77. The van der Waals surface area contributed by atoms with Gasteiger partial charge in [-0.25, -0.2) is 8.42 Å². The molecule has 0 atom stereocenters. The number of sulfonamides is 1. The van der Waals surface area contributed by atoms with E-state index in [0.717, 1.165) is 29.0 Å². The molecule has 2 heterocycles. The second-order valence-corrected chi connectivity index (χ2v) is 10.0. The third-order valence-corrected chi connectivity index (χ3v) is 8.00. The van der Waals surface area contributed by atoms with Crippen LogP contribution in [0.4, 0.5) is 11.4 Å². The van der Waals surface area contributed by atoms with E-state index in [9.17, 15) is 8.42 Å². The maximum Gasteiger partial charge on any atom is 0.243 e. The highest BCUT2D eigenvalue weighted by atomic mass is 35.5. The first-order valence-corrected chi connectivity index (χ1v) is 11.6. The number of nitrogens with zero attached hydrogens (tertiary/aromatic N) is 3. The van der Waals surface area contributed by atoms with Gasteiger partial charge in [0.05, 0.1) is 17.1 Å². The fourth-order valence-corrected chi connectivity index (χ4v) is 5.80. The minimum Gasteiger partial charge on any atom is -0.490 e. The van der Waals surface area contributed by atoms with Crippen LogP contribution in [0, 0.1) is 13.8 Å². The lowest BCUT2D eigenvalue weighted by Crippen LogP contribution is -2.49. The van der Waals surface area contributed by atoms with E-state index in [0.29, 0.717) is 48.5 Å². The van der Waals surface area contributed by atoms with E-state index in [-0.39, 0.29) is 0 Å². The van der Waals surface area contributed by atoms with Crippen LogP contribution in [-0.2, 0) is 10.0 Å². The predicted octanol–water partition coefficient (Wildman–Crippen LogP) is 3.30. The van der Waals surface area contributed by atoms with Gasteiger partial charge in [-0.2, -0.15) is 4.31 Å². The zero-order chi connectivity index (χ0) is 20.8. The van der Waals surface area contributed by atoms with Crippen LogP contribution in [-0.4, -0.2) is 59.1 Å². The minimum absolute atomic E-state index is 0.332. The van der Waals surface area contributed by atoms with Gasteiger partial charge in [0.1, 0.15) is 12.4 Å². The number of piperazine rings is 1. The van der Waals surface area contributed by atoms with Crippen LogP contribution in [0.25, 0.3) is 0 Å². The molecule has 156 valence electrons. The third kappa shape index (κ3) is 3.79. The van der Waals surface area contributed by atoms with Gasteiger partial charge in [-0.15, -0.1) is 0 Å². The van der Waals surface area contributed by atoms with Crippen LogP contribution < -0.4 is 14.5 Å². The van der Waals surface area contributed by atoms with Gasteiger partial charge in [-0.3, -0.25) is 0 Å². The molecule has 8 heteroatoms. The molecular weight excluding hydrogens is 410 g/mol.